The fourth-order valence-electron chi connectivity index (χ4n) is 0.590. The number of rotatable bonds is 1. The van der Waals surface area contributed by atoms with Gasteiger partial charge in [0.25, 0.3) is 0 Å². The summed E-state index contributed by atoms with van der Waals surface area (Å²) in [5.74, 6) is 5.39. The Morgan fingerprint density at radius 2 is 2.36 bits per heavy atom. The summed E-state index contributed by atoms with van der Waals surface area (Å²) in [7, 11) is 1.66. The second-order valence-electron chi connectivity index (χ2n) is 2.01. The van der Waals surface area contributed by atoms with Crippen molar-refractivity contribution in [1.82, 2.24) is 15.0 Å². The first-order valence-corrected chi connectivity index (χ1v) is 3.41. The van der Waals surface area contributed by atoms with E-state index >= 15 is 0 Å². The molecule has 0 amide bonds. The maximum Gasteiger partial charge on any atom is 0.143 e. The molecule has 1 rings (SSSR count). The molecule has 0 atom stereocenters. The number of hydrazine groups is 1. The molecule has 0 aliphatic rings. The molecule has 4 nitrogen and oxygen atoms in total. The van der Waals surface area contributed by atoms with E-state index in [0.29, 0.717) is 10.7 Å². The van der Waals surface area contributed by atoms with E-state index in [9.17, 15) is 0 Å². The highest BCUT2D eigenvalue weighted by atomic mass is 32.1. The van der Waals surface area contributed by atoms with Gasteiger partial charge in [0, 0.05) is 19.4 Å². The molecule has 0 saturated heterocycles. The molecule has 1 heterocycles. The Bertz CT molecular complexity index is 246. The highest BCUT2D eigenvalue weighted by molar-refractivity contribution is 7.80. The summed E-state index contributed by atoms with van der Waals surface area (Å²) in [6.07, 6.45) is 4.74. The van der Waals surface area contributed by atoms with Crippen LogP contribution in [0.15, 0.2) is 18.6 Å². The summed E-state index contributed by atoms with van der Waals surface area (Å²) in [6.45, 7) is 0. The lowest BCUT2D eigenvalue weighted by Crippen LogP contribution is -2.32. The fraction of sp³-hybridized carbons (Fsp3) is 0.167. The van der Waals surface area contributed by atoms with Gasteiger partial charge in [0.2, 0.25) is 0 Å². The first-order valence-electron chi connectivity index (χ1n) is 3.00. The maximum absolute atomic E-state index is 5.39. The highest BCUT2D eigenvalue weighted by Crippen LogP contribution is 1.94. The minimum Gasteiger partial charge on any atom is -0.302 e. The number of hydrogen-bond acceptors (Lipinski definition) is 4. The molecule has 1 aromatic rings. The van der Waals surface area contributed by atoms with Crippen molar-refractivity contribution in [1.29, 1.82) is 0 Å². The van der Waals surface area contributed by atoms with Crippen molar-refractivity contribution in [2.75, 3.05) is 7.05 Å². The molecule has 0 spiro atoms. The summed E-state index contributed by atoms with van der Waals surface area (Å²) < 4.78 is 0. The lowest BCUT2D eigenvalue weighted by molar-refractivity contribution is 0.548. The molecule has 0 aliphatic carbocycles. The topological polar surface area (TPSA) is 55.0 Å². The van der Waals surface area contributed by atoms with Gasteiger partial charge >= 0.3 is 0 Å². The molecule has 1 aromatic heterocycles. The van der Waals surface area contributed by atoms with E-state index < -0.39 is 0 Å². The van der Waals surface area contributed by atoms with Crippen molar-refractivity contribution >= 4 is 17.2 Å². The molecule has 0 saturated carbocycles. The van der Waals surface area contributed by atoms with Crippen LogP contribution in [0.5, 0.6) is 0 Å². The van der Waals surface area contributed by atoms with Crippen molar-refractivity contribution in [2.24, 2.45) is 5.84 Å². The summed E-state index contributed by atoms with van der Waals surface area (Å²) in [5.41, 5.74) is 0.618. The van der Waals surface area contributed by atoms with E-state index in [2.05, 4.69) is 9.97 Å². The first kappa shape index (κ1) is 8.03. The zero-order chi connectivity index (χ0) is 8.27. The van der Waals surface area contributed by atoms with E-state index in [-0.39, 0.29) is 0 Å². The molecule has 0 aliphatic heterocycles. The van der Waals surface area contributed by atoms with Crippen molar-refractivity contribution in [3.05, 3.63) is 24.3 Å². The van der Waals surface area contributed by atoms with Crippen LogP contribution in [0.1, 0.15) is 5.69 Å². The van der Waals surface area contributed by atoms with Gasteiger partial charge in [-0.1, -0.05) is 12.2 Å². The van der Waals surface area contributed by atoms with Gasteiger partial charge in [-0.15, -0.1) is 0 Å². The van der Waals surface area contributed by atoms with Crippen molar-refractivity contribution in [3.8, 4) is 0 Å². The zero-order valence-electron chi connectivity index (χ0n) is 6.06. The summed E-state index contributed by atoms with van der Waals surface area (Å²) in [6, 6.07) is 0. The van der Waals surface area contributed by atoms with Crippen LogP contribution in [-0.4, -0.2) is 27.0 Å². The van der Waals surface area contributed by atoms with Gasteiger partial charge in [-0.3, -0.25) is 9.97 Å². The van der Waals surface area contributed by atoms with Gasteiger partial charge in [0.1, 0.15) is 10.7 Å². The van der Waals surface area contributed by atoms with Crippen molar-refractivity contribution < 1.29 is 0 Å². The average Bonchev–Trinajstić information content (AvgIpc) is 2.05. The lowest BCUT2D eigenvalue weighted by atomic mass is 10.4. The average molecular weight is 168 g/mol. The highest BCUT2D eigenvalue weighted by Gasteiger charge is 2.03. The predicted molar refractivity (Wildman–Crippen MR) is 45.7 cm³/mol. The quantitative estimate of drug-likeness (QED) is 0.362. The Morgan fingerprint density at radius 1 is 1.64 bits per heavy atom. The van der Waals surface area contributed by atoms with Crippen molar-refractivity contribution in [3.63, 3.8) is 0 Å². The summed E-state index contributed by atoms with van der Waals surface area (Å²) in [5, 5.41) is 1.33. The molecule has 0 fully saturated rings. The third-order valence-corrected chi connectivity index (χ3v) is 1.60. The molecule has 58 valence electrons. The Hall–Kier alpha value is -1.07. The van der Waals surface area contributed by atoms with Crippen LogP contribution in [-0.2, 0) is 0 Å². The number of nitrogens with zero attached hydrogens (tertiary/aromatic N) is 3. The van der Waals surface area contributed by atoms with E-state index in [4.69, 9.17) is 18.1 Å². The van der Waals surface area contributed by atoms with Crippen molar-refractivity contribution in [2.45, 2.75) is 0 Å². The van der Waals surface area contributed by atoms with Gasteiger partial charge in [-0.25, -0.2) is 5.84 Å². The van der Waals surface area contributed by atoms with E-state index in [1.807, 2.05) is 0 Å². The first-order chi connectivity index (χ1) is 5.22. The van der Waals surface area contributed by atoms with Crippen LogP contribution >= 0.6 is 12.2 Å². The molecule has 5 heteroatoms. The second-order valence-corrected chi connectivity index (χ2v) is 2.39. The summed E-state index contributed by atoms with van der Waals surface area (Å²) >= 11 is 4.94. The van der Waals surface area contributed by atoms with Crippen LogP contribution in [0.2, 0.25) is 0 Å². The Balaban J connectivity index is 2.86. The lowest BCUT2D eigenvalue weighted by Gasteiger charge is -2.10. The molecule has 0 aromatic carbocycles. The van der Waals surface area contributed by atoms with Crippen LogP contribution in [0.25, 0.3) is 0 Å². The van der Waals surface area contributed by atoms with Gasteiger partial charge in [-0.2, -0.15) is 0 Å². The molecular formula is C6H8N4S. The molecule has 0 radical (unpaired) electrons. The molecule has 2 N–H and O–H groups in total. The normalized spacial score (nSPS) is 9.27. The van der Waals surface area contributed by atoms with Gasteiger partial charge < -0.3 is 5.01 Å². The molecule has 0 unspecified atom stereocenters. The van der Waals surface area contributed by atoms with Gasteiger partial charge in [-0.05, 0) is 0 Å². The van der Waals surface area contributed by atoms with Crippen LogP contribution < -0.4 is 5.84 Å². The number of aromatic nitrogens is 2. The molecule has 0 bridgehead atoms. The van der Waals surface area contributed by atoms with Crippen LogP contribution in [0, 0.1) is 0 Å². The van der Waals surface area contributed by atoms with Gasteiger partial charge in [0.15, 0.2) is 0 Å². The van der Waals surface area contributed by atoms with Crippen LogP contribution in [0.3, 0.4) is 0 Å². The minimum absolute atomic E-state index is 0.484. The third-order valence-electron chi connectivity index (χ3n) is 1.10. The maximum atomic E-state index is 5.39. The number of thiocarbonyl (C=S) groups is 1. The number of nitrogens with two attached hydrogens (primary N) is 1. The van der Waals surface area contributed by atoms with Gasteiger partial charge in [0.05, 0.1) is 6.20 Å². The Kier molecular flexibility index (Phi) is 2.45. The second kappa shape index (κ2) is 3.36. The smallest absolute Gasteiger partial charge is 0.143 e. The minimum atomic E-state index is 0.484. The Morgan fingerprint density at radius 3 is 2.82 bits per heavy atom. The van der Waals surface area contributed by atoms with E-state index in [1.54, 1.807) is 25.6 Å². The standard InChI is InChI=1S/C6H8N4S/c1-10(7)6(11)5-4-8-2-3-9-5/h2-4H,7H2,1H3. The third kappa shape index (κ3) is 1.92. The monoisotopic (exact) mass is 168 g/mol. The molecular weight excluding hydrogens is 160 g/mol. The number of hydrogen-bond donors (Lipinski definition) is 1. The zero-order valence-corrected chi connectivity index (χ0v) is 6.88. The van der Waals surface area contributed by atoms with E-state index in [0.717, 1.165) is 0 Å². The molecule has 11 heavy (non-hydrogen) atoms. The van der Waals surface area contributed by atoms with E-state index in [1.165, 1.54) is 5.01 Å². The van der Waals surface area contributed by atoms with Crippen LogP contribution in [0.4, 0.5) is 0 Å². The SMILES string of the molecule is CN(N)C(=S)c1cnccn1. The Labute approximate surface area is 70.0 Å². The predicted octanol–water partition coefficient (Wildman–Crippen LogP) is -0.0424. The fourth-order valence-corrected chi connectivity index (χ4v) is 0.696. The summed E-state index contributed by atoms with van der Waals surface area (Å²) in [4.78, 5) is 8.31. The largest absolute Gasteiger partial charge is 0.302 e.